The first kappa shape index (κ1) is 23.9. The molecule has 1 aromatic heterocycles. The molecule has 0 spiro atoms. The number of benzene rings is 3. The van der Waals surface area contributed by atoms with Crippen LogP contribution in [0.25, 0.3) is 22.5 Å². The fraction of sp³-hybridized carbons (Fsp3) is 0.312. The van der Waals surface area contributed by atoms with Gasteiger partial charge in [-0.2, -0.15) is 0 Å². The average Bonchev–Trinajstić information content (AvgIpc) is 2.87. The number of aromatic nitrogens is 2. The third-order valence-electron chi connectivity index (χ3n) is 6.87. The molecule has 0 aliphatic heterocycles. The van der Waals surface area contributed by atoms with Gasteiger partial charge >= 0.3 is 0 Å². The topological polar surface area (TPSA) is 25.8 Å². The minimum absolute atomic E-state index is 0.788. The van der Waals surface area contributed by atoms with Crippen LogP contribution >= 0.6 is 0 Å². The summed E-state index contributed by atoms with van der Waals surface area (Å²) in [5.74, 6) is 2.51. The fourth-order valence-corrected chi connectivity index (χ4v) is 4.53. The first-order valence-electron chi connectivity index (χ1n) is 12.5. The van der Waals surface area contributed by atoms with Crippen molar-refractivity contribution in [3.8, 4) is 22.5 Å². The SMILES string of the molecule is Cc1ccc(-c2ccc(C3CCC(C)CC3)cc2)cc1.Cc1ccc(-c2ncc(C)cn2)cc1. The summed E-state index contributed by atoms with van der Waals surface area (Å²) < 4.78 is 0. The highest BCUT2D eigenvalue weighted by molar-refractivity contribution is 5.64. The molecule has 2 nitrogen and oxygen atoms in total. The zero-order valence-electron chi connectivity index (χ0n) is 21.0. The van der Waals surface area contributed by atoms with E-state index in [4.69, 9.17) is 0 Å². The molecule has 3 aromatic carbocycles. The summed E-state index contributed by atoms with van der Waals surface area (Å²) >= 11 is 0. The van der Waals surface area contributed by atoms with Gasteiger partial charge in [-0.3, -0.25) is 0 Å². The Morgan fingerprint density at radius 1 is 0.529 bits per heavy atom. The highest BCUT2D eigenvalue weighted by Gasteiger charge is 2.19. The number of rotatable bonds is 3. The minimum atomic E-state index is 0.788. The van der Waals surface area contributed by atoms with E-state index in [9.17, 15) is 0 Å². The van der Waals surface area contributed by atoms with Crippen LogP contribution in [0.5, 0.6) is 0 Å². The molecule has 4 aromatic rings. The van der Waals surface area contributed by atoms with Crippen molar-refractivity contribution in [1.29, 1.82) is 0 Å². The molecule has 1 aliphatic carbocycles. The Labute approximate surface area is 205 Å². The molecular weight excluding hydrogens is 412 g/mol. The van der Waals surface area contributed by atoms with Gasteiger partial charge in [0, 0.05) is 18.0 Å². The van der Waals surface area contributed by atoms with Gasteiger partial charge in [-0.05, 0) is 67.7 Å². The highest BCUT2D eigenvalue weighted by atomic mass is 14.9. The second-order valence-corrected chi connectivity index (χ2v) is 9.89. The maximum absolute atomic E-state index is 4.27. The first-order chi connectivity index (χ1) is 16.5. The van der Waals surface area contributed by atoms with Crippen molar-refractivity contribution < 1.29 is 0 Å². The van der Waals surface area contributed by atoms with Crippen LogP contribution in [0.1, 0.15) is 60.8 Å². The van der Waals surface area contributed by atoms with E-state index in [0.29, 0.717) is 0 Å². The van der Waals surface area contributed by atoms with Gasteiger partial charge in [0.25, 0.3) is 0 Å². The Bertz CT molecular complexity index is 1110. The van der Waals surface area contributed by atoms with Crippen LogP contribution in [0, 0.1) is 26.7 Å². The molecule has 2 heteroatoms. The average molecular weight is 449 g/mol. The summed E-state index contributed by atoms with van der Waals surface area (Å²) in [5.41, 5.74) is 8.91. The second-order valence-electron chi connectivity index (χ2n) is 9.89. The van der Waals surface area contributed by atoms with E-state index in [2.05, 4.69) is 91.4 Å². The molecule has 1 saturated carbocycles. The Hall–Kier alpha value is -3.26. The molecule has 0 bridgehead atoms. The van der Waals surface area contributed by atoms with E-state index in [1.807, 2.05) is 31.5 Å². The molecule has 0 N–H and O–H groups in total. The number of nitrogens with zero attached hydrogens (tertiary/aromatic N) is 2. The smallest absolute Gasteiger partial charge is 0.159 e. The molecule has 34 heavy (non-hydrogen) atoms. The van der Waals surface area contributed by atoms with E-state index >= 15 is 0 Å². The second kappa shape index (κ2) is 11.2. The number of hydrogen-bond acceptors (Lipinski definition) is 2. The van der Waals surface area contributed by atoms with Crippen molar-refractivity contribution in [2.75, 3.05) is 0 Å². The standard InChI is InChI=1S/C20H24.C12H12N2/c1-15-3-7-17(8-4-15)19-11-13-20(14-12-19)18-9-5-16(2)6-10-18;1-9-3-5-11(6-4-9)12-13-7-10(2)8-14-12/h3-4,7-8,11-14,16,18H,5-6,9-10H2,1-2H3;3-8H,1-2H3. The third-order valence-corrected chi connectivity index (χ3v) is 6.87. The molecule has 1 fully saturated rings. The van der Waals surface area contributed by atoms with Gasteiger partial charge in [0.15, 0.2) is 5.82 Å². The predicted molar refractivity (Wildman–Crippen MR) is 144 cm³/mol. The Morgan fingerprint density at radius 3 is 1.47 bits per heavy atom. The lowest BCUT2D eigenvalue weighted by atomic mass is 9.79. The molecule has 1 aliphatic rings. The molecule has 0 radical (unpaired) electrons. The number of aryl methyl sites for hydroxylation is 3. The van der Waals surface area contributed by atoms with Crippen molar-refractivity contribution >= 4 is 0 Å². The van der Waals surface area contributed by atoms with E-state index in [-0.39, 0.29) is 0 Å². The molecule has 174 valence electrons. The Balaban J connectivity index is 0.000000172. The number of hydrogen-bond donors (Lipinski definition) is 0. The van der Waals surface area contributed by atoms with Gasteiger partial charge in [-0.15, -0.1) is 0 Å². The van der Waals surface area contributed by atoms with Crippen LogP contribution in [-0.4, -0.2) is 9.97 Å². The maximum atomic E-state index is 4.27. The zero-order chi connectivity index (χ0) is 23.9. The molecule has 0 atom stereocenters. The van der Waals surface area contributed by atoms with Gasteiger partial charge in [0.2, 0.25) is 0 Å². The quantitative estimate of drug-likeness (QED) is 0.313. The Morgan fingerprint density at radius 2 is 0.971 bits per heavy atom. The van der Waals surface area contributed by atoms with E-state index in [1.54, 1.807) is 0 Å². The molecule has 0 amide bonds. The predicted octanol–water partition coefficient (Wildman–Crippen LogP) is 8.72. The molecule has 0 unspecified atom stereocenters. The summed E-state index contributed by atoms with van der Waals surface area (Å²) in [6.07, 6.45) is 9.19. The van der Waals surface area contributed by atoms with Crippen molar-refractivity contribution in [2.45, 2.75) is 59.3 Å². The van der Waals surface area contributed by atoms with E-state index < -0.39 is 0 Å². The van der Waals surface area contributed by atoms with E-state index in [0.717, 1.165) is 28.8 Å². The first-order valence-corrected chi connectivity index (χ1v) is 12.5. The maximum Gasteiger partial charge on any atom is 0.159 e. The van der Waals surface area contributed by atoms with Crippen molar-refractivity contribution in [3.63, 3.8) is 0 Å². The van der Waals surface area contributed by atoms with Crippen LogP contribution in [0.2, 0.25) is 0 Å². The van der Waals surface area contributed by atoms with Gasteiger partial charge in [-0.25, -0.2) is 9.97 Å². The van der Waals surface area contributed by atoms with Gasteiger partial charge in [-0.1, -0.05) is 104 Å². The summed E-state index contributed by atoms with van der Waals surface area (Å²) in [6, 6.07) is 26.3. The largest absolute Gasteiger partial charge is 0.236 e. The molecule has 0 saturated heterocycles. The zero-order valence-corrected chi connectivity index (χ0v) is 21.0. The summed E-state index contributed by atoms with van der Waals surface area (Å²) in [4.78, 5) is 8.53. The molecule has 5 rings (SSSR count). The van der Waals surface area contributed by atoms with Crippen LogP contribution < -0.4 is 0 Å². The molecular formula is C32H36N2. The summed E-state index contributed by atoms with van der Waals surface area (Å²) in [5, 5.41) is 0. The Kier molecular flexibility index (Phi) is 7.90. The third kappa shape index (κ3) is 6.41. The minimum Gasteiger partial charge on any atom is -0.236 e. The van der Waals surface area contributed by atoms with Gasteiger partial charge in [0.05, 0.1) is 0 Å². The monoisotopic (exact) mass is 448 g/mol. The van der Waals surface area contributed by atoms with Crippen LogP contribution in [0.4, 0.5) is 0 Å². The van der Waals surface area contributed by atoms with Crippen LogP contribution in [0.3, 0.4) is 0 Å². The van der Waals surface area contributed by atoms with Crippen molar-refractivity contribution in [2.24, 2.45) is 5.92 Å². The molecule has 1 heterocycles. The van der Waals surface area contributed by atoms with Crippen LogP contribution in [-0.2, 0) is 0 Å². The van der Waals surface area contributed by atoms with Crippen molar-refractivity contribution in [3.05, 3.63) is 107 Å². The lowest BCUT2D eigenvalue weighted by molar-refractivity contribution is 0.348. The van der Waals surface area contributed by atoms with Crippen molar-refractivity contribution in [1.82, 2.24) is 9.97 Å². The lowest BCUT2D eigenvalue weighted by Gasteiger charge is -2.26. The van der Waals surface area contributed by atoms with E-state index in [1.165, 1.54) is 53.5 Å². The summed E-state index contributed by atoms with van der Waals surface area (Å²) in [6.45, 7) is 8.58. The van der Waals surface area contributed by atoms with Gasteiger partial charge < -0.3 is 0 Å². The fourth-order valence-electron chi connectivity index (χ4n) is 4.53. The van der Waals surface area contributed by atoms with Gasteiger partial charge in [0.1, 0.15) is 0 Å². The lowest BCUT2D eigenvalue weighted by Crippen LogP contribution is -2.10. The summed E-state index contributed by atoms with van der Waals surface area (Å²) in [7, 11) is 0. The van der Waals surface area contributed by atoms with Crippen LogP contribution in [0.15, 0.2) is 85.2 Å². The highest BCUT2D eigenvalue weighted by Crippen LogP contribution is 2.36. The normalized spacial score (nSPS) is 17.5.